The summed E-state index contributed by atoms with van der Waals surface area (Å²) in [5, 5.41) is 2.80. The number of rotatable bonds is 8. The number of aliphatic imine (C=N–C) groups is 1. The lowest BCUT2D eigenvalue weighted by Crippen LogP contribution is -2.44. The molecule has 2 aromatic heterocycles. The van der Waals surface area contributed by atoms with Gasteiger partial charge in [0.2, 0.25) is 11.8 Å². The van der Waals surface area contributed by atoms with Gasteiger partial charge in [-0.1, -0.05) is 11.8 Å². The van der Waals surface area contributed by atoms with Crippen LogP contribution in [0.2, 0.25) is 0 Å². The Bertz CT molecular complexity index is 1490. The van der Waals surface area contributed by atoms with Crippen LogP contribution in [0.25, 0.3) is 11.0 Å². The van der Waals surface area contributed by atoms with Crippen LogP contribution in [0.3, 0.4) is 0 Å². The van der Waals surface area contributed by atoms with Crippen molar-refractivity contribution in [3.8, 4) is 5.88 Å². The fourth-order valence-corrected chi connectivity index (χ4v) is 6.19. The standard InChI is InChI=1S/C26H27F4N7O2S/c1-25(13-26(2,23(29)30)40-24(31)36-25)15-10-14(11-16(27)20(15)28)34-22-21-17(5-6-32-22)35-18(12-33-21)39-9-8-37-7-3-4-19(37)38/h5-6,10-12,23H,3-4,7-9,13H2,1-2H3,(H2,31,36)(H,32,34)/t25-,26+/m0/s1. The summed E-state index contributed by atoms with van der Waals surface area (Å²) < 4.78 is 61.6. The molecule has 0 bridgehead atoms. The number of benzene rings is 1. The molecule has 2 aliphatic heterocycles. The first-order valence-electron chi connectivity index (χ1n) is 12.6. The zero-order chi connectivity index (χ0) is 28.7. The highest BCUT2D eigenvalue weighted by Gasteiger charge is 2.48. The van der Waals surface area contributed by atoms with Crippen LogP contribution in [0.15, 0.2) is 35.6 Å². The van der Waals surface area contributed by atoms with Crippen LogP contribution in [0.5, 0.6) is 5.88 Å². The highest BCUT2D eigenvalue weighted by Crippen LogP contribution is 2.49. The zero-order valence-corrected chi connectivity index (χ0v) is 22.6. The van der Waals surface area contributed by atoms with Gasteiger partial charge < -0.3 is 20.7 Å². The van der Waals surface area contributed by atoms with Gasteiger partial charge in [0.1, 0.15) is 12.1 Å². The number of carbonyl (C=O) groups excluding carboxylic acids is 1. The summed E-state index contributed by atoms with van der Waals surface area (Å²) in [6.45, 7) is 4.19. The number of hydrogen-bond acceptors (Lipinski definition) is 9. The van der Waals surface area contributed by atoms with E-state index in [1.54, 1.807) is 11.0 Å². The molecule has 5 rings (SSSR count). The Morgan fingerprint density at radius 2 is 2.05 bits per heavy atom. The monoisotopic (exact) mass is 577 g/mol. The third-order valence-corrected chi connectivity index (χ3v) is 8.03. The molecule has 40 heavy (non-hydrogen) atoms. The number of thioether (sulfide) groups is 1. The normalized spacial score (nSPS) is 23.1. The van der Waals surface area contributed by atoms with E-state index < -0.39 is 28.3 Å². The van der Waals surface area contributed by atoms with Crippen LogP contribution in [0, 0.1) is 11.6 Å². The summed E-state index contributed by atoms with van der Waals surface area (Å²) in [5.74, 6) is -1.82. The zero-order valence-electron chi connectivity index (χ0n) is 21.8. The van der Waals surface area contributed by atoms with Crippen molar-refractivity contribution in [3.05, 3.63) is 47.8 Å². The number of fused-ring (bicyclic) bond motifs is 1. The van der Waals surface area contributed by atoms with Crippen LogP contribution in [0.1, 0.15) is 38.7 Å². The third-order valence-electron chi connectivity index (χ3n) is 6.94. The molecule has 1 saturated heterocycles. The molecule has 3 N–H and O–H groups in total. The van der Waals surface area contributed by atoms with Crippen molar-refractivity contribution in [2.45, 2.75) is 49.8 Å². The highest BCUT2D eigenvalue weighted by molar-refractivity contribution is 8.15. The molecule has 2 aliphatic rings. The van der Waals surface area contributed by atoms with E-state index >= 15 is 4.39 Å². The number of amidine groups is 1. The number of nitrogens with two attached hydrogens (primary N) is 1. The van der Waals surface area contributed by atoms with Gasteiger partial charge in [0.15, 0.2) is 22.6 Å². The maximum absolute atomic E-state index is 15.1. The molecule has 2 atom stereocenters. The number of hydrogen-bond donors (Lipinski definition) is 2. The topological polar surface area (TPSA) is 119 Å². The van der Waals surface area contributed by atoms with Gasteiger partial charge in [-0.2, -0.15) is 0 Å². The van der Waals surface area contributed by atoms with Crippen molar-refractivity contribution < 1.29 is 27.1 Å². The number of likely N-dealkylation sites (tertiary alicyclic amines) is 1. The first-order chi connectivity index (χ1) is 19.0. The fraction of sp³-hybridized carbons (Fsp3) is 0.423. The average molecular weight is 578 g/mol. The molecule has 4 heterocycles. The Morgan fingerprint density at radius 3 is 2.77 bits per heavy atom. The van der Waals surface area contributed by atoms with E-state index in [0.717, 1.165) is 24.2 Å². The van der Waals surface area contributed by atoms with Gasteiger partial charge in [0.25, 0.3) is 6.43 Å². The van der Waals surface area contributed by atoms with E-state index in [1.807, 2.05) is 0 Å². The Kier molecular flexibility index (Phi) is 7.46. The summed E-state index contributed by atoms with van der Waals surface area (Å²) in [7, 11) is 0. The quantitative estimate of drug-likeness (QED) is 0.369. The SMILES string of the molecule is C[C@]1(C(F)F)C[C@@](C)(c2cc(Nc3nccc4nc(OCCN5CCCC5=O)cnc34)cc(F)c2F)N=C(N)S1. The number of halogens is 4. The molecule has 3 aromatic rings. The predicted octanol–water partition coefficient (Wildman–Crippen LogP) is 4.74. The molecule has 14 heteroatoms. The van der Waals surface area contributed by atoms with E-state index in [1.165, 1.54) is 32.3 Å². The second-order valence-electron chi connectivity index (χ2n) is 10.1. The lowest BCUT2D eigenvalue weighted by atomic mass is 9.82. The maximum atomic E-state index is 15.1. The molecule has 0 radical (unpaired) electrons. The molecule has 9 nitrogen and oxygen atoms in total. The van der Waals surface area contributed by atoms with Gasteiger partial charge in [-0.15, -0.1) is 0 Å². The second kappa shape index (κ2) is 10.7. The Morgan fingerprint density at radius 1 is 1.25 bits per heavy atom. The smallest absolute Gasteiger partial charge is 0.253 e. The lowest BCUT2D eigenvalue weighted by molar-refractivity contribution is -0.128. The number of amides is 1. The number of nitrogens with zero attached hydrogens (tertiary/aromatic N) is 5. The van der Waals surface area contributed by atoms with Crippen LogP contribution >= 0.6 is 11.8 Å². The fourth-order valence-electron chi connectivity index (χ4n) is 5.02. The summed E-state index contributed by atoms with van der Waals surface area (Å²) in [5.41, 5.74) is 4.96. The van der Waals surface area contributed by atoms with Crippen molar-refractivity contribution in [3.63, 3.8) is 0 Å². The average Bonchev–Trinajstić information content (AvgIpc) is 3.29. The molecule has 1 amide bonds. The maximum Gasteiger partial charge on any atom is 0.253 e. The minimum atomic E-state index is -2.77. The first kappa shape index (κ1) is 27.9. The number of ether oxygens (including phenoxy) is 1. The molecule has 0 saturated carbocycles. The molecular weight excluding hydrogens is 550 g/mol. The van der Waals surface area contributed by atoms with E-state index in [0.29, 0.717) is 30.5 Å². The number of anilines is 2. The molecule has 1 fully saturated rings. The van der Waals surface area contributed by atoms with Gasteiger partial charge in [0.05, 0.1) is 28.5 Å². The third kappa shape index (κ3) is 5.49. The van der Waals surface area contributed by atoms with Crippen molar-refractivity contribution in [2.24, 2.45) is 10.7 Å². The van der Waals surface area contributed by atoms with E-state index in [-0.39, 0.29) is 47.1 Å². The predicted molar refractivity (Wildman–Crippen MR) is 144 cm³/mol. The minimum Gasteiger partial charge on any atom is -0.475 e. The summed E-state index contributed by atoms with van der Waals surface area (Å²) >= 11 is 0.718. The molecule has 0 unspecified atom stereocenters. The molecule has 0 aliphatic carbocycles. The number of pyridine rings is 1. The molecule has 0 spiro atoms. The Labute approximate surface area is 231 Å². The molecule has 1 aromatic carbocycles. The largest absolute Gasteiger partial charge is 0.475 e. The molecular formula is C26H27F4N7O2S. The first-order valence-corrected chi connectivity index (χ1v) is 13.4. The highest BCUT2D eigenvalue weighted by atomic mass is 32.2. The van der Waals surface area contributed by atoms with Crippen LogP contribution in [0.4, 0.5) is 29.1 Å². The molecule has 212 valence electrons. The van der Waals surface area contributed by atoms with Gasteiger partial charge in [-0.05, 0) is 38.8 Å². The number of carbonyl (C=O) groups is 1. The van der Waals surface area contributed by atoms with E-state index in [4.69, 9.17) is 10.5 Å². The Balaban J connectivity index is 1.40. The van der Waals surface area contributed by atoms with Crippen LogP contribution in [-0.4, -0.2) is 61.8 Å². The van der Waals surface area contributed by atoms with E-state index in [2.05, 4.69) is 25.3 Å². The van der Waals surface area contributed by atoms with Crippen LogP contribution in [-0.2, 0) is 10.3 Å². The number of aromatic nitrogens is 3. The van der Waals surface area contributed by atoms with Gasteiger partial charge in [-0.25, -0.2) is 32.5 Å². The second-order valence-corrected chi connectivity index (χ2v) is 11.7. The number of nitrogens with one attached hydrogen (secondary N) is 1. The lowest BCUT2D eigenvalue weighted by Gasteiger charge is -2.40. The summed E-state index contributed by atoms with van der Waals surface area (Å²) in [6.07, 6.45) is 1.22. The van der Waals surface area contributed by atoms with Crippen molar-refractivity contribution in [1.82, 2.24) is 19.9 Å². The van der Waals surface area contributed by atoms with Crippen molar-refractivity contribution in [1.29, 1.82) is 0 Å². The van der Waals surface area contributed by atoms with Gasteiger partial charge >= 0.3 is 0 Å². The minimum absolute atomic E-state index is 0.102. The van der Waals surface area contributed by atoms with Gasteiger partial charge in [-0.3, -0.25) is 9.79 Å². The number of alkyl halides is 2. The van der Waals surface area contributed by atoms with Gasteiger partial charge in [0, 0.05) is 36.5 Å². The van der Waals surface area contributed by atoms with Crippen LogP contribution < -0.4 is 15.8 Å². The summed E-state index contributed by atoms with van der Waals surface area (Å²) in [6, 6.07) is 3.86. The summed E-state index contributed by atoms with van der Waals surface area (Å²) in [4.78, 5) is 30.8. The van der Waals surface area contributed by atoms with E-state index in [9.17, 15) is 18.0 Å². The van der Waals surface area contributed by atoms with Crippen molar-refractivity contribution >= 4 is 45.4 Å². The Hall–Kier alpha value is -3.68. The van der Waals surface area contributed by atoms with Crippen molar-refractivity contribution in [2.75, 3.05) is 25.0 Å².